The lowest BCUT2D eigenvalue weighted by Gasteiger charge is -2.35. The Morgan fingerprint density at radius 2 is 1.79 bits per heavy atom. The van der Waals surface area contributed by atoms with Gasteiger partial charge >= 0.3 is 0 Å². The van der Waals surface area contributed by atoms with Gasteiger partial charge in [-0.1, -0.05) is 32.9 Å². The molecule has 34 heavy (non-hydrogen) atoms. The van der Waals surface area contributed by atoms with Crippen LogP contribution < -0.4 is 9.04 Å². The molecule has 2 aliphatic heterocycles. The maximum Gasteiger partial charge on any atom is 0.264 e. The molecule has 2 heterocycles. The van der Waals surface area contributed by atoms with Gasteiger partial charge in [-0.25, -0.2) is 8.42 Å². The van der Waals surface area contributed by atoms with E-state index in [0.29, 0.717) is 29.5 Å². The van der Waals surface area contributed by atoms with Crippen LogP contribution in [0.5, 0.6) is 5.75 Å². The van der Waals surface area contributed by atoms with Gasteiger partial charge in [0.05, 0.1) is 17.2 Å². The Bertz CT molecular complexity index is 1060. The molecule has 7 heteroatoms. The Morgan fingerprint density at radius 1 is 1.09 bits per heavy atom. The number of anilines is 1. The average Bonchev–Trinajstić information content (AvgIpc) is 2.86. The van der Waals surface area contributed by atoms with Crippen LogP contribution in [0, 0.1) is 11.8 Å². The van der Waals surface area contributed by atoms with Gasteiger partial charge in [0, 0.05) is 31.2 Å². The van der Waals surface area contributed by atoms with E-state index in [1.165, 1.54) is 9.87 Å². The number of sulfonamides is 1. The predicted octanol–water partition coefficient (Wildman–Crippen LogP) is 4.71. The zero-order chi connectivity index (χ0) is 24.3. The van der Waals surface area contributed by atoms with Crippen LogP contribution in [0.3, 0.4) is 0 Å². The quantitative estimate of drug-likeness (QED) is 0.583. The predicted molar refractivity (Wildman–Crippen MR) is 134 cm³/mol. The van der Waals surface area contributed by atoms with E-state index in [0.717, 1.165) is 50.9 Å². The number of rotatable bonds is 8. The molecule has 0 radical (unpaired) electrons. The molecule has 1 unspecified atom stereocenters. The lowest BCUT2D eigenvalue weighted by atomic mass is 9.87. The van der Waals surface area contributed by atoms with E-state index in [2.05, 4.69) is 6.92 Å². The van der Waals surface area contributed by atoms with Crippen molar-refractivity contribution in [3.63, 3.8) is 0 Å². The summed E-state index contributed by atoms with van der Waals surface area (Å²) < 4.78 is 41.1. The minimum atomic E-state index is -3.82. The Labute approximate surface area is 203 Å². The Kier molecular flexibility index (Phi) is 7.85. The van der Waals surface area contributed by atoms with Gasteiger partial charge in [0.1, 0.15) is 11.9 Å². The van der Waals surface area contributed by atoms with E-state index in [9.17, 15) is 13.5 Å². The van der Waals surface area contributed by atoms with Crippen LogP contribution in [0.25, 0.3) is 0 Å². The minimum Gasteiger partial charge on any atom is -0.489 e. The van der Waals surface area contributed by atoms with Gasteiger partial charge in [-0.15, -0.1) is 0 Å². The molecule has 0 aromatic heterocycles. The molecule has 0 amide bonds. The van der Waals surface area contributed by atoms with Gasteiger partial charge in [0.25, 0.3) is 10.0 Å². The summed E-state index contributed by atoms with van der Waals surface area (Å²) in [5.74, 6) is 1.25. The first kappa shape index (κ1) is 25.0. The van der Waals surface area contributed by atoms with Crippen molar-refractivity contribution in [3.05, 3.63) is 53.1 Å². The first-order chi connectivity index (χ1) is 16.3. The molecule has 0 bridgehead atoms. The van der Waals surface area contributed by atoms with E-state index in [1.54, 1.807) is 12.1 Å². The first-order valence-corrected chi connectivity index (χ1v) is 13.9. The molecule has 0 aliphatic carbocycles. The fraction of sp³-hybridized carbons (Fsp3) is 0.556. The Hall–Kier alpha value is -2.09. The molecule has 0 spiro atoms. The fourth-order valence-electron chi connectivity index (χ4n) is 4.95. The summed E-state index contributed by atoms with van der Waals surface area (Å²) in [5.41, 5.74) is 3.22. The third kappa shape index (κ3) is 5.26. The van der Waals surface area contributed by atoms with E-state index in [-0.39, 0.29) is 23.5 Å². The van der Waals surface area contributed by atoms with Gasteiger partial charge in [0.2, 0.25) is 0 Å². The summed E-state index contributed by atoms with van der Waals surface area (Å²) in [5, 5.41) is 10.1. The van der Waals surface area contributed by atoms with Crippen molar-refractivity contribution in [1.82, 2.24) is 0 Å². The summed E-state index contributed by atoms with van der Waals surface area (Å²) in [6, 6.07) is 11.1. The number of hydrogen-bond donors (Lipinski definition) is 1. The Balaban J connectivity index is 1.68. The molecular formula is C27H37NO5S. The highest BCUT2D eigenvalue weighted by atomic mass is 32.2. The standard InChI is InChI=1S/C27H37NO5S/c1-4-20-5-8-24(9-6-20)28(17-19(2)3)34(30,31)25-15-22-7-10-26(21-11-13-32-14-12-21)33-27(22)23(16-25)18-29/h5-6,8-9,15-16,19,21,26,29H,4,7,10-14,17-18H2,1-3H3. The normalized spacial score (nSPS) is 19.0. The van der Waals surface area contributed by atoms with Gasteiger partial charge in [-0.3, -0.25) is 4.31 Å². The van der Waals surface area contributed by atoms with Crippen molar-refractivity contribution >= 4 is 15.7 Å². The maximum atomic E-state index is 13.9. The molecule has 2 aliphatic rings. The number of aliphatic hydroxyl groups is 1. The van der Waals surface area contributed by atoms with Gasteiger partial charge in [-0.05, 0) is 73.4 Å². The maximum absolute atomic E-state index is 13.9. The molecule has 1 atom stereocenters. The van der Waals surface area contributed by atoms with E-state index in [1.807, 2.05) is 38.1 Å². The average molecular weight is 488 g/mol. The molecule has 1 fully saturated rings. The summed E-state index contributed by atoms with van der Waals surface area (Å²) in [6.07, 6.45) is 4.52. The van der Waals surface area contributed by atoms with E-state index < -0.39 is 10.0 Å². The number of aliphatic hydroxyl groups excluding tert-OH is 1. The SMILES string of the molecule is CCc1ccc(N(CC(C)C)S(=O)(=O)c2cc(CO)c3c(c2)CCC(C2CCOCC2)O3)cc1. The third-order valence-electron chi connectivity index (χ3n) is 6.90. The van der Waals surface area contributed by atoms with Crippen molar-refractivity contribution < 1.29 is 23.0 Å². The zero-order valence-electron chi connectivity index (χ0n) is 20.5. The number of fused-ring (bicyclic) bond motifs is 1. The van der Waals surface area contributed by atoms with Gasteiger partial charge in [0.15, 0.2) is 0 Å². The van der Waals surface area contributed by atoms with Gasteiger partial charge < -0.3 is 14.6 Å². The van der Waals surface area contributed by atoms with Crippen molar-refractivity contribution in [2.45, 2.75) is 70.5 Å². The topological polar surface area (TPSA) is 76.1 Å². The highest BCUT2D eigenvalue weighted by Crippen LogP contribution is 2.38. The Morgan fingerprint density at radius 3 is 2.41 bits per heavy atom. The second-order valence-electron chi connectivity index (χ2n) is 9.82. The van der Waals surface area contributed by atoms with E-state index >= 15 is 0 Å². The molecule has 2 aromatic rings. The smallest absolute Gasteiger partial charge is 0.264 e. The molecule has 4 rings (SSSR count). The lowest BCUT2D eigenvalue weighted by molar-refractivity contribution is 0.0101. The van der Waals surface area contributed by atoms with E-state index in [4.69, 9.17) is 9.47 Å². The lowest BCUT2D eigenvalue weighted by Crippen LogP contribution is -2.36. The first-order valence-electron chi connectivity index (χ1n) is 12.5. The fourth-order valence-corrected chi connectivity index (χ4v) is 6.68. The highest BCUT2D eigenvalue weighted by molar-refractivity contribution is 7.92. The van der Waals surface area contributed by atoms with Crippen molar-refractivity contribution in [2.75, 3.05) is 24.1 Å². The number of aryl methyl sites for hydroxylation is 2. The largest absolute Gasteiger partial charge is 0.489 e. The van der Waals surface area contributed by atoms with Crippen LogP contribution in [0.1, 0.15) is 56.7 Å². The van der Waals surface area contributed by atoms with Crippen molar-refractivity contribution in [1.29, 1.82) is 0 Å². The molecule has 186 valence electrons. The highest BCUT2D eigenvalue weighted by Gasteiger charge is 2.33. The number of nitrogens with zero attached hydrogens (tertiary/aromatic N) is 1. The van der Waals surface area contributed by atoms with Crippen LogP contribution >= 0.6 is 0 Å². The van der Waals surface area contributed by atoms with Crippen LogP contribution in [-0.4, -0.2) is 39.4 Å². The molecule has 6 nitrogen and oxygen atoms in total. The summed E-state index contributed by atoms with van der Waals surface area (Å²) >= 11 is 0. The minimum absolute atomic E-state index is 0.0821. The summed E-state index contributed by atoms with van der Waals surface area (Å²) in [4.78, 5) is 0.212. The second kappa shape index (κ2) is 10.7. The molecule has 2 aromatic carbocycles. The van der Waals surface area contributed by atoms with Crippen LogP contribution in [0.2, 0.25) is 0 Å². The van der Waals surface area contributed by atoms with Gasteiger partial charge in [-0.2, -0.15) is 0 Å². The molecule has 0 saturated carbocycles. The molecule has 1 saturated heterocycles. The van der Waals surface area contributed by atoms with Crippen molar-refractivity contribution in [2.24, 2.45) is 11.8 Å². The van der Waals surface area contributed by atoms with Crippen LogP contribution in [0.15, 0.2) is 41.3 Å². The summed E-state index contributed by atoms with van der Waals surface area (Å²) in [7, 11) is -3.82. The number of ether oxygens (including phenoxy) is 2. The number of benzene rings is 2. The van der Waals surface area contributed by atoms with Crippen LogP contribution in [-0.2, 0) is 34.2 Å². The molecular weight excluding hydrogens is 450 g/mol. The zero-order valence-corrected chi connectivity index (χ0v) is 21.3. The molecule has 1 N–H and O–H groups in total. The third-order valence-corrected chi connectivity index (χ3v) is 8.67. The van der Waals surface area contributed by atoms with Crippen molar-refractivity contribution in [3.8, 4) is 5.75 Å². The van der Waals surface area contributed by atoms with Crippen LogP contribution in [0.4, 0.5) is 5.69 Å². The number of hydrogen-bond acceptors (Lipinski definition) is 5. The monoisotopic (exact) mass is 487 g/mol. The second-order valence-corrected chi connectivity index (χ2v) is 11.7. The summed E-state index contributed by atoms with van der Waals surface area (Å²) in [6.45, 7) is 7.73.